The Bertz CT molecular complexity index is 105. The highest BCUT2D eigenvalue weighted by Gasteiger charge is 2.30. The van der Waals surface area contributed by atoms with Gasteiger partial charge in [-0.1, -0.05) is 6.58 Å². The summed E-state index contributed by atoms with van der Waals surface area (Å²) in [6.45, 7) is 2.81. The van der Waals surface area contributed by atoms with Crippen LogP contribution in [-0.2, 0) is 0 Å². The smallest absolute Gasteiger partial charge is 0.330 e. The van der Waals surface area contributed by atoms with Crippen LogP contribution in [0.15, 0.2) is 12.2 Å². The van der Waals surface area contributed by atoms with E-state index in [0.717, 1.165) is 0 Å². The second kappa shape index (κ2) is 2.87. The van der Waals surface area contributed by atoms with Crippen LogP contribution in [0.4, 0.5) is 13.2 Å². The van der Waals surface area contributed by atoms with E-state index < -0.39 is 11.7 Å². The Morgan fingerprint density at radius 3 is 2.00 bits per heavy atom. The first kappa shape index (κ1) is 8.49. The van der Waals surface area contributed by atoms with E-state index in [1.807, 2.05) is 0 Å². The fraction of sp³-hybridized carbons (Fsp3) is 0.600. The Balaban J connectivity index is 3.74. The minimum absolute atomic E-state index is 0.00164. The van der Waals surface area contributed by atoms with Crippen LogP contribution in [0.5, 0.6) is 0 Å². The van der Waals surface area contributed by atoms with Gasteiger partial charge in [0, 0.05) is 5.57 Å². The molecule has 0 amide bonds. The molecule has 2 N–H and O–H groups in total. The van der Waals surface area contributed by atoms with E-state index >= 15 is 0 Å². The van der Waals surface area contributed by atoms with Gasteiger partial charge in [0.05, 0.1) is 0 Å². The average Bonchev–Trinajstić information content (AvgIpc) is 1.64. The molecule has 0 heterocycles. The van der Waals surface area contributed by atoms with Crippen LogP contribution in [0.3, 0.4) is 0 Å². The third-order valence-corrected chi connectivity index (χ3v) is 0.847. The lowest BCUT2D eigenvalue weighted by Gasteiger charge is -2.06. The number of hydrogen-bond donors (Lipinski definition) is 1. The Morgan fingerprint density at radius 1 is 1.44 bits per heavy atom. The molecule has 1 nitrogen and oxygen atoms in total. The largest absolute Gasteiger partial charge is 0.412 e. The lowest BCUT2D eigenvalue weighted by atomic mass is 10.2. The Morgan fingerprint density at radius 2 is 1.89 bits per heavy atom. The molecule has 0 bridgehead atoms. The van der Waals surface area contributed by atoms with Crippen molar-refractivity contribution in [2.24, 2.45) is 5.73 Å². The quantitative estimate of drug-likeness (QED) is 0.576. The summed E-state index contributed by atoms with van der Waals surface area (Å²) in [7, 11) is 0. The first-order valence-corrected chi connectivity index (χ1v) is 2.43. The Labute approximate surface area is 51.3 Å². The van der Waals surface area contributed by atoms with Gasteiger partial charge in [0.1, 0.15) is 0 Å². The molecule has 0 radical (unpaired) electrons. The van der Waals surface area contributed by atoms with Crippen LogP contribution in [0.2, 0.25) is 0 Å². The molecule has 0 aliphatic rings. The number of halogens is 3. The fourth-order valence-electron chi connectivity index (χ4n) is 0.316. The number of rotatable bonds is 2. The van der Waals surface area contributed by atoms with Crippen molar-refractivity contribution in [1.82, 2.24) is 0 Å². The molecule has 0 aliphatic carbocycles. The molecule has 0 saturated carbocycles. The van der Waals surface area contributed by atoms with E-state index in [2.05, 4.69) is 6.58 Å². The lowest BCUT2D eigenvalue weighted by molar-refractivity contribution is -0.0933. The van der Waals surface area contributed by atoms with Gasteiger partial charge < -0.3 is 5.73 Å². The summed E-state index contributed by atoms with van der Waals surface area (Å²) in [5.74, 6) is 0. The van der Waals surface area contributed by atoms with Gasteiger partial charge in [-0.05, 0) is 13.0 Å². The Kier molecular flexibility index (Phi) is 2.70. The van der Waals surface area contributed by atoms with Crippen molar-refractivity contribution >= 4 is 0 Å². The van der Waals surface area contributed by atoms with Crippen molar-refractivity contribution < 1.29 is 13.2 Å². The molecule has 0 atom stereocenters. The summed E-state index contributed by atoms with van der Waals surface area (Å²) in [6.07, 6.45) is -4.44. The van der Waals surface area contributed by atoms with Crippen molar-refractivity contribution in [3.05, 3.63) is 12.2 Å². The molecule has 9 heavy (non-hydrogen) atoms. The van der Waals surface area contributed by atoms with Crippen LogP contribution < -0.4 is 5.73 Å². The summed E-state index contributed by atoms with van der Waals surface area (Å²) in [5, 5.41) is 0. The Hall–Kier alpha value is -0.510. The zero-order chi connectivity index (χ0) is 7.49. The summed E-state index contributed by atoms with van der Waals surface area (Å²) in [5.41, 5.74) is 4.11. The molecule has 0 aromatic heterocycles. The summed E-state index contributed by atoms with van der Waals surface area (Å²) in [4.78, 5) is 0. The maximum atomic E-state index is 11.5. The molecule has 0 aliphatic heterocycles. The standard InChI is InChI=1S/C5H8F3N/c1-4(2-3-9)5(6,7)8/h1-3,9H2. The first-order chi connectivity index (χ1) is 3.98. The number of nitrogens with two attached hydrogens (primary N) is 1. The monoisotopic (exact) mass is 139 g/mol. The minimum atomic E-state index is -4.26. The van der Waals surface area contributed by atoms with Crippen LogP contribution in [0.25, 0.3) is 0 Å². The molecular weight excluding hydrogens is 131 g/mol. The van der Waals surface area contributed by atoms with Crippen molar-refractivity contribution in [1.29, 1.82) is 0 Å². The molecule has 0 saturated heterocycles. The third kappa shape index (κ3) is 3.13. The fourth-order valence-corrected chi connectivity index (χ4v) is 0.316. The topological polar surface area (TPSA) is 26.0 Å². The van der Waals surface area contributed by atoms with Gasteiger partial charge in [-0.2, -0.15) is 13.2 Å². The average molecular weight is 139 g/mol. The first-order valence-electron chi connectivity index (χ1n) is 2.43. The van der Waals surface area contributed by atoms with Crippen molar-refractivity contribution in [2.75, 3.05) is 6.54 Å². The van der Waals surface area contributed by atoms with Gasteiger partial charge >= 0.3 is 6.18 Å². The van der Waals surface area contributed by atoms with Gasteiger partial charge in [-0.25, -0.2) is 0 Å². The van der Waals surface area contributed by atoms with Gasteiger partial charge in [-0.3, -0.25) is 0 Å². The summed E-state index contributed by atoms with van der Waals surface area (Å²) < 4.78 is 34.4. The summed E-state index contributed by atoms with van der Waals surface area (Å²) in [6, 6.07) is 0. The third-order valence-electron chi connectivity index (χ3n) is 0.847. The van der Waals surface area contributed by atoms with Crippen molar-refractivity contribution in [2.45, 2.75) is 12.6 Å². The maximum absolute atomic E-state index is 11.5. The normalized spacial score (nSPS) is 11.6. The second-order valence-electron chi connectivity index (χ2n) is 1.64. The highest BCUT2D eigenvalue weighted by molar-refractivity contribution is 5.02. The minimum Gasteiger partial charge on any atom is -0.330 e. The molecule has 0 aromatic carbocycles. The van der Waals surface area contributed by atoms with Crippen LogP contribution in [-0.4, -0.2) is 12.7 Å². The van der Waals surface area contributed by atoms with Crippen molar-refractivity contribution in [3.63, 3.8) is 0 Å². The zero-order valence-electron chi connectivity index (χ0n) is 4.83. The second-order valence-corrected chi connectivity index (χ2v) is 1.64. The SMILES string of the molecule is C=C(CCN)C(F)(F)F. The van der Waals surface area contributed by atoms with E-state index in [9.17, 15) is 13.2 Å². The lowest BCUT2D eigenvalue weighted by Crippen LogP contribution is -2.14. The van der Waals surface area contributed by atoms with Crippen molar-refractivity contribution in [3.8, 4) is 0 Å². The molecule has 0 rings (SSSR count). The van der Waals surface area contributed by atoms with E-state index in [1.54, 1.807) is 0 Å². The number of hydrogen-bond acceptors (Lipinski definition) is 1. The molecule has 0 unspecified atom stereocenters. The van der Waals surface area contributed by atoms with Crippen LogP contribution in [0, 0.1) is 0 Å². The van der Waals surface area contributed by atoms with Gasteiger partial charge in [0.2, 0.25) is 0 Å². The number of alkyl halides is 3. The van der Waals surface area contributed by atoms with Gasteiger partial charge in [0.25, 0.3) is 0 Å². The highest BCUT2D eigenvalue weighted by atomic mass is 19.4. The molecule has 54 valence electrons. The summed E-state index contributed by atoms with van der Waals surface area (Å²) >= 11 is 0. The van der Waals surface area contributed by atoms with E-state index in [0.29, 0.717) is 0 Å². The van der Waals surface area contributed by atoms with E-state index in [-0.39, 0.29) is 13.0 Å². The molecule has 4 heteroatoms. The molecule has 0 spiro atoms. The predicted octanol–water partition coefficient (Wildman–Crippen LogP) is 1.45. The van der Waals surface area contributed by atoms with Crippen LogP contribution >= 0.6 is 0 Å². The van der Waals surface area contributed by atoms with Gasteiger partial charge in [-0.15, -0.1) is 0 Å². The van der Waals surface area contributed by atoms with E-state index in [1.165, 1.54) is 0 Å². The zero-order valence-corrected chi connectivity index (χ0v) is 4.83. The molecule has 0 fully saturated rings. The maximum Gasteiger partial charge on any atom is 0.412 e. The van der Waals surface area contributed by atoms with Crippen LogP contribution in [0.1, 0.15) is 6.42 Å². The molecule has 0 aromatic rings. The highest BCUT2D eigenvalue weighted by Crippen LogP contribution is 2.25. The van der Waals surface area contributed by atoms with E-state index in [4.69, 9.17) is 5.73 Å². The molecular formula is C5H8F3N. The van der Waals surface area contributed by atoms with Gasteiger partial charge in [0.15, 0.2) is 0 Å². The predicted molar refractivity (Wildman–Crippen MR) is 28.9 cm³/mol.